The standard InChI is InChI=1S/C24H37NO4/c1-5-6-7-8-9-10-18-16-21-19(15-20(18)17-27)11-13-25(22(21)12-14-26)23(28)29-24(2,3)4/h14-16,22,27H,5-13,17H2,1-4H3/t22-/m1/s1. The van der Waals surface area contributed by atoms with Crippen LogP contribution in [0.4, 0.5) is 4.79 Å². The molecule has 0 unspecified atom stereocenters. The molecule has 0 radical (unpaired) electrons. The van der Waals surface area contributed by atoms with Crippen molar-refractivity contribution < 1.29 is 19.4 Å². The van der Waals surface area contributed by atoms with Crippen LogP contribution in [0.1, 0.15) is 94.5 Å². The lowest BCUT2D eigenvalue weighted by Gasteiger charge is -2.38. The van der Waals surface area contributed by atoms with Gasteiger partial charge in [-0.25, -0.2) is 4.79 Å². The maximum Gasteiger partial charge on any atom is 0.410 e. The Balaban J connectivity index is 2.26. The number of aliphatic hydroxyl groups excluding tert-OH is 1. The molecule has 0 bridgehead atoms. The molecule has 0 saturated carbocycles. The third-order valence-electron chi connectivity index (χ3n) is 5.49. The van der Waals surface area contributed by atoms with Crippen LogP contribution >= 0.6 is 0 Å². The Morgan fingerprint density at radius 1 is 1.21 bits per heavy atom. The van der Waals surface area contributed by atoms with E-state index in [2.05, 4.69) is 19.1 Å². The summed E-state index contributed by atoms with van der Waals surface area (Å²) in [5.74, 6) is 0. The molecule has 0 saturated heterocycles. The fraction of sp³-hybridized carbons (Fsp3) is 0.667. The third-order valence-corrected chi connectivity index (χ3v) is 5.49. The van der Waals surface area contributed by atoms with Crippen molar-refractivity contribution in [2.45, 2.75) is 97.3 Å². The molecule has 1 aliphatic heterocycles. The molecule has 1 aromatic rings. The van der Waals surface area contributed by atoms with E-state index in [1.165, 1.54) is 25.7 Å². The highest BCUT2D eigenvalue weighted by molar-refractivity contribution is 5.70. The molecule has 0 spiro atoms. The van der Waals surface area contributed by atoms with Crippen molar-refractivity contribution in [2.75, 3.05) is 6.54 Å². The lowest BCUT2D eigenvalue weighted by molar-refractivity contribution is -0.109. The third kappa shape index (κ3) is 6.56. The number of hydrogen-bond donors (Lipinski definition) is 1. The highest BCUT2D eigenvalue weighted by Gasteiger charge is 2.34. The summed E-state index contributed by atoms with van der Waals surface area (Å²) in [4.78, 5) is 25.8. The number of nitrogens with zero attached hydrogens (tertiary/aromatic N) is 1. The Bertz CT molecular complexity index is 693. The van der Waals surface area contributed by atoms with Gasteiger partial charge >= 0.3 is 6.09 Å². The van der Waals surface area contributed by atoms with E-state index in [1.807, 2.05) is 20.8 Å². The summed E-state index contributed by atoms with van der Waals surface area (Å²) < 4.78 is 5.58. The second-order valence-corrected chi connectivity index (χ2v) is 8.98. The van der Waals surface area contributed by atoms with Crippen molar-refractivity contribution in [3.05, 3.63) is 34.4 Å². The van der Waals surface area contributed by atoms with Gasteiger partial charge in [-0.15, -0.1) is 0 Å². The van der Waals surface area contributed by atoms with Crippen molar-refractivity contribution in [3.8, 4) is 0 Å². The van der Waals surface area contributed by atoms with E-state index in [1.54, 1.807) is 4.90 Å². The molecule has 0 aliphatic carbocycles. The van der Waals surface area contributed by atoms with E-state index >= 15 is 0 Å². The van der Waals surface area contributed by atoms with E-state index in [0.29, 0.717) is 13.0 Å². The van der Waals surface area contributed by atoms with Gasteiger partial charge in [-0.2, -0.15) is 0 Å². The first-order chi connectivity index (χ1) is 13.8. The van der Waals surface area contributed by atoms with Crippen molar-refractivity contribution >= 4 is 12.4 Å². The summed E-state index contributed by atoms with van der Waals surface area (Å²) in [6.07, 6.45) is 8.33. The zero-order valence-corrected chi connectivity index (χ0v) is 18.5. The molecule has 5 nitrogen and oxygen atoms in total. The fourth-order valence-corrected chi connectivity index (χ4v) is 4.03. The van der Waals surface area contributed by atoms with Crippen LogP contribution in [0.5, 0.6) is 0 Å². The first-order valence-electron chi connectivity index (χ1n) is 11.0. The number of hydrogen-bond acceptors (Lipinski definition) is 4. The van der Waals surface area contributed by atoms with Gasteiger partial charge in [0, 0.05) is 13.0 Å². The van der Waals surface area contributed by atoms with Gasteiger partial charge < -0.3 is 19.5 Å². The molecular formula is C24H37NO4. The highest BCUT2D eigenvalue weighted by atomic mass is 16.6. The summed E-state index contributed by atoms with van der Waals surface area (Å²) in [5.41, 5.74) is 3.66. The molecule has 162 valence electrons. The summed E-state index contributed by atoms with van der Waals surface area (Å²) >= 11 is 0. The molecule has 1 N–H and O–H groups in total. The van der Waals surface area contributed by atoms with Crippen molar-refractivity contribution in [2.24, 2.45) is 0 Å². The van der Waals surface area contributed by atoms with Gasteiger partial charge in [0.1, 0.15) is 11.9 Å². The summed E-state index contributed by atoms with van der Waals surface area (Å²) in [5, 5.41) is 9.86. The van der Waals surface area contributed by atoms with Gasteiger partial charge in [0.05, 0.1) is 12.6 Å². The molecule has 0 fully saturated rings. The number of unbranched alkanes of at least 4 members (excludes halogenated alkanes) is 4. The van der Waals surface area contributed by atoms with E-state index in [9.17, 15) is 14.7 Å². The summed E-state index contributed by atoms with van der Waals surface area (Å²) in [7, 11) is 0. The molecule has 1 aliphatic rings. The predicted molar refractivity (Wildman–Crippen MR) is 115 cm³/mol. The van der Waals surface area contributed by atoms with Crippen molar-refractivity contribution in [3.63, 3.8) is 0 Å². The lowest BCUT2D eigenvalue weighted by atomic mass is 9.86. The predicted octanol–water partition coefficient (Wildman–Crippen LogP) is 5.12. The number of carbonyl (C=O) groups excluding carboxylic acids is 2. The van der Waals surface area contributed by atoms with Gasteiger partial charge in [-0.05, 0) is 62.3 Å². The van der Waals surface area contributed by atoms with Crippen LogP contribution in [0.25, 0.3) is 0 Å². The molecule has 2 rings (SSSR count). The Hall–Kier alpha value is -1.88. The van der Waals surface area contributed by atoms with Crippen LogP contribution in [0.3, 0.4) is 0 Å². The van der Waals surface area contributed by atoms with Crippen LogP contribution in [-0.2, 0) is 29.0 Å². The molecule has 1 amide bonds. The first kappa shape index (κ1) is 23.4. The minimum atomic E-state index is -0.576. The topological polar surface area (TPSA) is 66.8 Å². The van der Waals surface area contributed by atoms with Crippen LogP contribution in [0.15, 0.2) is 12.1 Å². The number of fused-ring (bicyclic) bond motifs is 1. The average molecular weight is 404 g/mol. The normalized spacial score (nSPS) is 16.4. The van der Waals surface area contributed by atoms with Gasteiger partial charge in [0.25, 0.3) is 0 Å². The molecule has 1 aromatic carbocycles. The van der Waals surface area contributed by atoms with Crippen LogP contribution in [0, 0.1) is 0 Å². The second kappa shape index (κ2) is 10.8. The van der Waals surface area contributed by atoms with Crippen LogP contribution < -0.4 is 0 Å². The lowest BCUT2D eigenvalue weighted by Crippen LogP contribution is -2.43. The Kier molecular flexibility index (Phi) is 8.69. The quantitative estimate of drug-likeness (QED) is 0.459. The molecular weight excluding hydrogens is 366 g/mol. The Labute approximate surface area is 175 Å². The van der Waals surface area contributed by atoms with Gasteiger partial charge in [0.2, 0.25) is 0 Å². The number of aliphatic hydroxyl groups is 1. The number of amides is 1. The zero-order valence-electron chi connectivity index (χ0n) is 18.5. The number of rotatable bonds is 9. The van der Waals surface area contributed by atoms with Gasteiger partial charge in [0.15, 0.2) is 0 Å². The number of aryl methyl sites for hydroxylation is 1. The maximum atomic E-state index is 12.7. The number of benzene rings is 1. The van der Waals surface area contributed by atoms with Gasteiger partial charge in [-0.3, -0.25) is 0 Å². The monoisotopic (exact) mass is 403 g/mol. The molecule has 1 atom stereocenters. The van der Waals surface area contributed by atoms with Crippen LogP contribution in [0.2, 0.25) is 0 Å². The van der Waals surface area contributed by atoms with Crippen molar-refractivity contribution in [1.82, 2.24) is 4.90 Å². The minimum Gasteiger partial charge on any atom is -0.444 e. The Morgan fingerprint density at radius 3 is 2.55 bits per heavy atom. The van der Waals surface area contributed by atoms with E-state index < -0.39 is 5.60 Å². The van der Waals surface area contributed by atoms with E-state index in [0.717, 1.165) is 41.4 Å². The zero-order chi connectivity index (χ0) is 21.4. The second-order valence-electron chi connectivity index (χ2n) is 8.98. The average Bonchev–Trinajstić information content (AvgIpc) is 2.66. The fourth-order valence-electron chi connectivity index (χ4n) is 4.03. The number of ether oxygens (including phenoxy) is 1. The molecule has 29 heavy (non-hydrogen) atoms. The van der Waals surface area contributed by atoms with Crippen molar-refractivity contribution in [1.29, 1.82) is 0 Å². The maximum absolute atomic E-state index is 12.7. The Morgan fingerprint density at radius 2 is 1.93 bits per heavy atom. The molecule has 5 heteroatoms. The largest absolute Gasteiger partial charge is 0.444 e. The summed E-state index contributed by atoms with van der Waals surface area (Å²) in [6.45, 7) is 8.29. The number of carbonyl (C=O) groups is 2. The van der Waals surface area contributed by atoms with Gasteiger partial charge in [-0.1, -0.05) is 44.7 Å². The van der Waals surface area contributed by atoms with E-state index in [4.69, 9.17) is 4.74 Å². The minimum absolute atomic E-state index is 0.0195. The first-order valence-corrected chi connectivity index (χ1v) is 11.0. The van der Waals surface area contributed by atoms with Crippen LogP contribution in [-0.4, -0.2) is 34.5 Å². The number of aldehydes is 1. The highest BCUT2D eigenvalue weighted by Crippen LogP contribution is 2.35. The SMILES string of the molecule is CCCCCCCc1cc2c(cc1CO)CCN(C(=O)OC(C)(C)C)[C@@H]2CC=O. The smallest absolute Gasteiger partial charge is 0.410 e. The molecule has 1 heterocycles. The van der Waals surface area contributed by atoms with E-state index in [-0.39, 0.29) is 25.2 Å². The molecule has 0 aromatic heterocycles. The summed E-state index contributed by atoms with van der Waals surface area (Å²) in [6, 6.07) is 3.88.